The summed E-state index contributed by atoms with van der Waals surface area (Å²) in [7, 11) is 0. The van der Waals surface area contributed by atoms with Gasteiger partial charge < -0.3 is 10.1 Å². The van der Waals surface area contributed by atoms with Crippen LogP contribution in [0.15, 0.2) is 55.1 Å². The smallest absolute Gasteiger partial charge is 0.258 e. The first-order chi connectivity index (χ1) is 13.0. The van der Waals surface area contributed by atoms with Gasteiger partial charge in [-0.3, -0.25) is 4.79 Å². The zero-order chi connectivity index (χ0) is 19.2. The minimum Gasteiger partial charge on any atom is -0.483 e. The monoisotopic (exact) mass is 364 g/mol. The van der Waals surface area contributed by atoms with Crippen molar-refractivity contribution in [3.63, 3.8) is 0 Å². The summed E-state index contributed by atoms with van der Waals surface area (Å²) in [6, 6.07) is 13.9. The van der Waals surface area contributed by atoms with E-state index < -0.39 is 0 Å². The molecular weight excluding hydrogens is 340 g/mol. The number of aryl methyl sites for hydroxylation is 1. The molecule has 140 valence electrons. The van der Waals surface area contributed by atoms with E-state index in [0.29, 0.717) is 12.5 Å². The van der Waals surface area contributed by atoms with Gasteiger partial charge in [0.1, 0.15) is 18.4 Å². The molecule has 3 rings (SSSR count). The first-order valence-electron chi connectivity index (χ1n) is 8.97. The Bertz CT molecular complexity index is 887. The highest BCUT2D eigenvalue weighted by molar-refractivity contribution is 5.77. The molecule has 0 spiro atoms. The van der Waals surface area contributed by atoms with Gasteiger partial charge in [-0.25, -0.2) is 9.67 Å². The van der Waals surface area contributed by atoms with Gasteiger partial charge in [-0.2, -0.15) is 5.10 Å². The molecule has 0 atom stereocenters. The molecule has 1 amide bonds. The van der Waals surface area contributed by atoms with Crippen LogP contribution in [0.1, 0.15) is 36.5 Å². The molecule has 6 heteroatoms. The van der Waals surface area contributed by atoms with Gasteiger partial charge in [0, 0.05) is 6.54 Å². The molecule has 0 unspecified atom stereocenters. The van der Waals surface area contributed by atoms with Gasteiger partial charge >= 0.3 is 0 Å². The molecule has 0 aliphatic heterocycles. The summed E-state index contributed by atoms with van der Waals surface area (Å²) in [5.74, 6) is 1.03. The summed E-state index contributed by atoms with van der Waals surface area (Å²) in [5.41, 5.74) is 4.15. The third-order valence-corrected chi connectivity index (χ3v) is 4.35. The predicted molar refractivity (Wildman–Crippen MR) is 104 cm³/mol. The van der Waals surface area contributed by atoms with Gasteiger partial charge in [-0.15, -0.1) is 0 Å². The Balaban J connectivity index is 1.51. The Labute approximate surface area is 159 Å². The van der Waals surface area contributed by atoms with Crippen LogP contribution in [0.2, 0.25) is 0 Å². The zero-order valence-electron chi connectivity index (χ0n) is 15.8. The van der Waals surface area contributed by atoms with E-state index in [-0.39, 0.29) is 12.5 Å². The molecule has 27 heavy (non-hydrogen) atoms. The van der Waals surface area contributed by atoms with Crippen molar-refractivity contribution in [1.29, 1.82) is 0 Å². The summed E-state index contributed by atoms with van der Waals surface area (Å²) in [6.45, 7) is 6.70. The minimum atomic E-state index is -0.148. The second kappa shape index (κ2) is 8.49. The summed E-state index contributed by atoms with van der Waals surface area (Å²) in [4.78, 5) is 16.0. The van der Waals surface area contributed by atoms with Crippen LogP contribution < -0.4 is 10.1 Å². The number of aromatic nitrogens is 3. The average Bonchev–Trinajstić information content (AvgIpc) is 3.20. The average molecular weight is 364 g/mol. The molecule has 0 saturated heterocycles. The third-order valence-electron chi connectivity index (χ3n) is 4.35. The maximum absolute atomic E-state index is 12.1. The number of nitrogens with one attached hydrogen (secondary N) is 1. The topological polar surface area (TPSA) is 69.0 Å². The predicted octanol–water partition coefficient (Wildman–Crippen LogP) is 3.39. The lowest BCUT2D eigenvalue weighted by molar-refractivity contribution is -0.123. The Hall–Kier alpha value is -3.15. The van der Waals surface area contributed by atoms with Crippen molar-refractivity contribution in [1.82, 2.24) is 20.1 Å². The molecule has 2 aromatic carbocycles. The number of ether oxygens (including phenoxy) is 1. The number of hydrogen-bond acceptors (Lipinski definition) is 4. The van der Waals surface area contributed by atoms with Crippen molar-refractivity contribution >= 4 is 5.91 Å². The van der Waals surface area contributed by atoms with Crippen molar-refractivity contribution in [2.45, 2.75) is 33.2 Å². The van der Waals surface area contributed by atoms with E-state index in [0.717, 1.165) is 22.6 Å². The number of amides is 1. The largest absolute Gasteiger partial charge is 0.483 e. The molecule has 0 fully saturated rings. The number of carbonyl (C=O) groups is 1. The van der Waals surface area contributed by atoms with E-state index in [1.807, 2.05) is 43.3 Å². The quantitative estimate of drug-likeness (QED) is 0.698. The van der Waals surface area contributed by atoms with E-state index in [2.05, 4.69) is 35.3 Å². The van der Waals surface area contributed by atoms with Crippen molar-refractivity contribution < 1.29 is 9.53 Å². The van der Waals surface area contributed by atoms with Crippen molar-refractivity contribution in [3.05, 3.63) is 71.8 Å². The van der Waals surface area contributed by atoms with Crippen LogP contribution >= 0.6 is 0 Å². The maximum atomic E-state index is 12.1. The van der Waals surface area contributed by atoms with Gasteiger partial charge in [0.15, 0.2) is 6.61 Å². The number of benzene rings is 2. The lowest BCUT2D eigenvalue weighted by Gasteiger charge is -2.13. The third kappa shape index (κ3) is 4.94. The number of rotatable bonds is 7. The lowest BCUT2D eigenvalue weighted by Crippen LogP contribution is -2.28. The molecule has 0 radical (unpaired) electrons. The maximum Gasteiger partial charge on any atom is 0.258 e. The van der Waals surface area contributed by atoms with E-state index in [1.165, 1.54) is 11.9 Å². The number of carbonyl (C=O) groups excluding carboxylic acids is 1. The van der Waals surface area contributed by atoms with Crippen molar-refractivity contribution in [2.75, 3.05) is 6.61 Å². The first-order valence-corrected chi connectivity index (χ1v) is 8.97. The number of nitrogens with zero attached hydrogens (tertiary/aromatic N) is 3. The molecule has 1 N–H and O–H groups in total. The highest BCUT2D eigenvalue weighted by atomic mass is 16.5. The van der Waals surface area contributed by atoms with Crippen molar-refractivity contribution in [2.24, 2.45) is 0 Å². The van der Waals surface area contributed by atoms with Crippen LogP contribution in [-0.2, 0) is 11.3 Å². The highest BCUT2D eigenvalue weighted by Crippen LogP contribution is 2.24. The summed E-state index contributed by atoms with van der Waals surface area (Å²) in [6.07, 6.45) is 3.14. The SMILES string of the molecule is Cc1ccc(C(C)C)cc1OCC(=O)NCc1ccc(-n2cncn2)cc1. The highest BCUT2D eigenvalue weighted by Gasteiger charge is 2.08. The van der Waals surface area contributed by atoms with Crippen LogP contribution in [0.3, 0.4) is 0 Å². The Morgan fingerprint density at radius 3 is 2.63 bits per heavy atom. The molecule has 3 aromatic rings. The van der Waals surface area contributed by atoms with Crippen molar-refractivity contribution in [3.8, 4) is 11.4 Å². The normalized spacial score (nSPS) is 10.8. The first kappa shape index (κ1) is 18.6. The van der Waals surface area contributed by atoms with E-state index in [9.17, 15) is 4.79 Å². The van der Waals surface area contributed by atoms with E-state index >= 15 is 0 Å². The summed E-state index contributed by atoms with van der Waals surface area (Å²) >= 11 is 0. The lowest BCUT2D eigenvalue weighted by atomic mass is 10.0. The van der Waals surface area contributed by atoms with Gasteiger partial charge in [-0.1, -0.05) is 38.1 Å². The van der Waals surface area contributed by atoms with Crippen LogP contribution in [0.4, 0.5) is 0 Å². The molecule has 0 bridgehead atoms. The van der Waals surface area contributed by atoms with Crippen LogP contribution in [0.25, 0.3) is 5.69 Å². The fourth-order valence-corrected chi connectivity index (χ4v) is 2.63. The van der Waals surface area contributed by atoms with Gasteiger partial charge in [0.25, 0.3) is 5.91 Å². The van der Waals surface area contributed by atoms with Gasteiger partial charge in [0.2, 0.25) is 0 Å². The van der Waals surface area contributed by atoms with Crippen LogP contribution in [0, 0.1) is 6.92 Å². The minimum absolute atomic E-state index is 0.000567. The standard InChI is InChI=1S/C21H24N4O2/c1-15(2)18-7-4-16(3)20(10-18)27-12-21(26)23-11-17-5-8-19(9-6-17)25-14-22-13-24-25/h4-10,13-15H,11-12H2,1-3H3,(H,23,26). The molecule has 0 aliphatic carbocycles. The molecule has 0 saturated carbocycles. The molecule has 1 heterocycles. The Morgan fingerprint density at radius 2 is 1.96 bits per heavy atom. The van der Waals surface area contributed by atoms with Crippen LogP contribution in [0.5, 0.6) is 5.75 Å². The van der Waals surface area contributed by atoms with E-state index in [4.69, 9.17) is 4.74 Å². The second-order valence-corrected chi connectivity index (χ2v) is 6.75. The van der Waals surface area contributed by atoms with Gasteiger partial charge in [-0.05, 0) is 47.7 Å². The fraction of sp³-hybridized carbons (Fsp3) is 0.286. The number of hydrogen-bond donors (Lipinski definition) is 1. The molecule has 0 aliphatic rings. The molecule has 6 nitrogen and oxygen atoms in total. The Kier molecular flexibility index (Phi) is 5.86. The second-order valence-electron chi connectivity index (χ2n) is 6.75. The summed E-state index contributed by atoms with van der Waals surface area (Å²) < 4.78 is 7.40. The van der Waals surface area contributed by atoms with Crippen LogP contribution in [-0.4, -0.2) is 27.3 Å². The van der Waals surface area contributed by atoms with E-state index in [1.54, 1.807) is 11.0 Å². The zero-order valence-corrected chi connectivity index (χ0v) is 15.8. The summed E-state index contributed by atoms with van der Waals surface area (Å²) in [5, 5.41) is 6.97. The fourth-order valence-electron chi connectivity index (χ4n) is 2.63. The van der Waals surface area contributed by atoms with Gasteiger partial charge in [0.05, 0.1) is 5.69 Å². The molecular formula is C21H24N4O2. The molecule has 1 aromatic heterocycles. The Morgan fingerprint density at radius 1 is 1.19 bits per heavy atom.